The first-order valence-corrected chi connectivity index (χ1v) is 7.23. The highest BCUT2D eigenvalue weighted by Crippen LogP contribution is 2.29. The molecule has 1 rings (SSSR count). The van der Waals surface area contributed by atoms with Crippen LogP contribution in [0, 0.1) is 0 Å². The molecule has 1 fully saturated rings. The molecule has 0 spiro atoms. The maximum absolute atomic E-state index is 11.6. The van der Waals surface area contributed by atoms with E-state index in [9.17, 15) is 4.79 Å². The zero-order chi connectivity index (χ0) is 11.1. The number of hydrogen-bond donors (Lipinski definition) is 1. The van der Waals surface area contributed by atoms with Gasteiger partial charge in [-0.2, -0.15) is 11.8 Å². The van der Waals surface area contributed by atoms with E-state index in [0.717, 1.165) is 18.6 Å². The number of carbonyl (C=O) groups excluding carboxylic acids is 1. The fourth-order valence-electron chi connectivity index (χ4n) is 2.12. The third-order valence-electron chi connectivity index (χ3n) is 2.94. The predicted octanol–water partition coefficient (Wildman–Crippen LogP) is 2.97. The molecule has 1 aliphatic rings. The van der Waals surface area contributed by atoms with Crippen molar-refractivity contribution in [1.82, 2.24) is 5.32 Å². The van der Waals surface area contributed by atoms with Crippen molar-refractivity contribution in [2.75, 3.05) is 5.75 Å². The largest absolute Gasteiger partial charge is 0.352 e. The second kappa shape index (κ2) is 7.15. The SMILES string of the molecule is CCCCC(=O)NC1CCCC1SCC. The minimum atomic E-state index is 0.255. The first-order valence-electron chi connectivity index (χ1n) is 6.18. The van der Waals surface area contributed by atoms with Gasteiger partial charge >= 0.3 is 0 Å². The zero-order valence-corrected chi connectivity index (χ0v) is 10.7. The van der Waals surface area contributed by atoms with E-state index in [-0.39, 0.29) is 5.91 Å². The third-order valence-corrected chi connectivity index (χ3v) is 4.26. The van der Waals surface area contributed by atoms with Crippen molar-refractivity contribution in [3.05, 3.63) is 0 Å². The minimum absolute atomic E-state index is 0.255. The lowest BCUT2D eigenvalue weighted by atomic mass is 10.2. The fraction of sp³-hybridized carbons (Fsp3) is 0.917. The molecule has 0 aromatic carbocycles. The smallest absolute Gasteiger partial charge is 0.220 e. The number of rotatable bonds is 6. The Balaban J connectivity index is 2.26. The van der Waals surface area contributed by atoms with E-state index < -0.39 is 0 Å². The van der Waals surface area contributed by atoms with Gasteiger partial charge in [0.15, 0.2) is 0 Å². The maximum Gasteiger partial charge on any atom is 0.220 e. The van der Waals surface area contributed by atoms with Gasteiger partial charge in [-0.05, 0) is 25.0 Å². The van der Waals surface area contributed by atoms with E-state index in [1.807, 2.05) is 11.8 Å². The van der Waals surface area contributed by atoms with E-state index in [2.05, 4.69) is 19.2 Å². The second-order valence-electron chi connectivity index (χ2n) is 4.20. The molecule has 15 heavy (non-hydrogen) atoms. The van der Waals surface area contributed by atoms with E-state index in [0.29, 0.717) is 17.7 Å². The Labute approximate surface area is 97.6 Å². The molecule has 2 atom stereocenters. The van der Waals surface area contributed by atoms with Crippen molar-refractivity contribution in [1.29, 1.82) is 0 Å². The molecule has 1 aliphatic carbocycles. The number of nitrogens with one attached hydrogen (secondary N) is 1. The van der Waals surface area contributed by atoms with Gasteiger partial charge < -0.3 is 5.32 Å². The molecule has 0 aromatic heterocycles. The molecule has 1 saturated carbocycles. The normalized spacial score (nSPS) is 25.5. The van der Waals surface area contributed by atoms with Gasteiger partial charge in [0.05, 0.1) is 0 Å². The summed E-state index contributed by atoms with van der Waals surface area (Å²) in [6, 6.07) is 0.444. The van der Waals surface area contributed by atoms with Crippen LogP contribution in [0.5, 0.6) is 0 Å². The summed E-state index contributed by atoms with van der Waals surface area (Å²) >= 11 is 2.00. The van der Waals surface area contributed by atoms with Crippen molar-refractivity contribution in [2.24, 2.45) is 0 Å². The van der Waals surface area contributed by atoms with Crippen LogP contribution >= 0.6 is 11.8 Å². The van der Waals surface area contributed by atoms with Crippen LogP contribution in [0.3, 0.4) is 0 Å². The van der Waals surface area contributed by atoms with Gasteiger partial charge in [0, 0.05) is 17.7 Å². The van der Waals surface area contributed by atoms with Gasteiger partial charge in [0.25, 0.3) is 0 Å². The van der Waals surface area contributed by atoms with E-state index in [4.69, 9.17) is 0 Å². The highest BCUT2D eigenvalue weighted by molar-refractivity contribution is 7.99. The molecule has 2 unspecified atom stereocenters. The van der Waals surface area contributed by atoms with E-state index in [1.165, 1.54) is 19.3 Å². The Kier molecular flexibility index (Phi) is 6.15. The third kappa shape index (κ3) is 4.45. The predicted molar refractivity (Wildman–Crippen MR) is 67.2 cm³/mol. The summed E-state index contributed by atoms with van der Waals surface area (Å²) in [5.74, 6) is 1.41. The second-order valence-corrected chi connectivity index (χ2v) is 5.72. The molecule has 3 heteroatoms. The van der Waals surface area contributed by atoms with Crippen molar-refractivity contribution < 1.29 is 4.79 Å². The molecule has 1 N–H and O–H groups in total. The van der Waals surface area contributed by atoms with Crippen LogP contribution in [0.15, 0.2) is 0 Å². The summed E-state index contributed by atoms with van der Waals surface area (Å²) in [5, 5.41) is 3.86. The monoisotopic (exact) mass is 229 g/mol. The number of thioether (sulfide) groups is 1. The van der Waals surface area contributed by atoms with Crippen LogP contribution in [0.4, 0.5) is 0 Å². The van der Waals surface area contributed by atoms with Crippen LogP contribution in [0.1, 0.15) is 52.4 Å². The summed E-state index contributed by atoms with van der Waals surface area (Å²) in [5.41, 5.74) is 0. The number of carbonyl (C=O) groups is 1. The number of unbranched alkanes of at least 4 members (excludes halogenated alkanes) is 1. The van der Waals surface area contributed by atoms with Gasteiger partial charge in [-0.15, -0.1) is 0 Å². The zero-order valence-electron chi connectivity index (χ0n) is 9.92. The van der Waals surface area contributed by atoms with Crippen LogP contribution in [0.2, 0.25) is 0 Å². The molecule has 0 heterocycles. The van der Waals surface area contributed by atoms with Crippen LogP contribution < -0.4 is 5.32 Å². The maximum atomic E-state index is 11.6. The molecule has 0 aliphatic heterocycles. The Bertz CT molecular complexity index is 196. The van der Waals surface area contributed by atoms with Crippen LogP contribution in [-0.2, 0) is 4.79 Å². The van der Waals surface area contributed by atoms with E-state index in [1.54, 1.807) is 0 Å². The Morgan fingerprint density at radius 1 is 1.40 bits per heavy atom. The number of hydrogen-bond acceptors (Lipinski definition) is 2. The van der Waals surface area contributed by atoms with Gasteiger partial charge in [0.1, 0.15) is 0 Å². The highest BCUT2D eigenvalue weighted by atomic mass is 32.2. The molecular formula is C12H23NOS. The molecule has 2 nitrogen and oxygen atoms in total. The summed E-state index contributed by atoms with van der Waals surface area (Å²) in [6.45, 7) is 4.32. The van der Waals surface area contributed by atoms with Crippen molar-refractivity contribution in [3.8, 4) is 0 Å². The number of amides is 1. The fourth-order valence-corrected chi connectivity index (χ4v) is 3.32. The standard InChI is InChI=1S/C12H23NOS/c1-3-5-9-12(14)13-10-7-6-8-11(10)15-4-2/h10-11H,3-9H2,1-2H3,(H,13,14). The van der Waals surface area contributed by atoms with Crippen molar-refractivity contribution >= 4 is 17.7 Å². The van der Waals surface area contributed by atoms with Gasteiger partial charge in [-0.25, -0.2) is 0 Å². The molecule has 0 aromatic rings. The Morgan fingerprint density at radius 2 is 2.20 bits per heavy atom. The lowest BCUT2D eigenvalue weighted by Crippen LogP contribution is -2.38. The molecule has 88 valence electrons. The molecular weight excluding hydrogens is 206 g/mol. The Morgan fingerprint density at radius 3 is 2.87 bits per heavy atom. The van der Waals surface area contributed by atoms with E-state index >= 15 is 0 Å². The molecule has 0 radical (unpaired) electrons. The van der Waals surface area contributed by atoms with Gasteiger partial charge in [0.2, 0.25) is 5.91 Å². The van der Waals surface area contributed by atoms with Gasteiger partial charge in [-0.1, -0.05) is 26.7 Å². The topological polar surface area (TPSA) is 29.1 Å². The first-order chi connectivity index (χ1) is 7.27. The first kappa shape index (κ1) is 12.9. The molecule has 0 saturated heterocycles. The van der Waals surface area contributed by atoms with Crippen LogP contribution in [0.25, 0.3) is 0 Å². The van der Waals surface area contributed by atoms with Crippen molar-refractivity contribution in [3.63, 3.8) is 0 Å². The average Bonchev–Trinajstić information content (AvgIpc) is 2.63. The minimum Gasteiger partial charge on any atom is -0.352 e. The summed E-state index contributed by atoms with van der Waals surface area (Å²) in [6.07, 6.45) is 6.55. The summed E-state index contributed by atoms with van der Waals surface area (Å²) < 4.78 is 0. The average molecular weight is 229 g/mol. The van der Waals surface area contributed by atoms with Crippen molar-refractivity contribution in [2.45, 2.75) is 63.7 Å². The molecule has 1 amide bonds. The Hall–Kier alpha value is -0.180. The lowest BCUT2D eigenvalue weighted by Gasteiger charge is -2.20. The summed E-state index contributed by atoms with van der Waals surface area (Å²) in [4.78, 5) is 11.6. The van der Waals surface area contributed by atoms with Crippen LogP contribution in [-0.4, -0.2) is 23.0 Å². The highest BCUT2D eigenvalue weighted by Gasteiger charge is 2.27. The molecule has 0 bridgehead atoms. The van der Waals surface area contributed by atoms with Gasteiger partial charge in [-0.3, -0.25) is 4.79 Å². The lowest BCUT2D eigenvalue weighted by molar-refractivity contribution is -0.121. The summed E-state index contributed by atoms with van der Waals surface area (Å²) in [7, 11) is 0. The quantitative estimate of drug-likeness (QED) is 0.758.